The van der Waals surface area contributed by atoms with Crippen molar-refractivity contribution >= 4 is 23.8 Å². The van der Waals surface area contributed by atoms with Gasteiger partial charge in [-0.2, -0.15) is 5.26 Å². The van der Waals surface area contributed by atoms with E-state index in [4.69, 9.17) is 16.9 Å². The Hall–Kier alpha value is -2.89. The van der Waals surface area contributed by atoms with E-state index in [2.05, 4.69) is 11.1 Å². The van der Waals surface area contributed by atoms with E-state index in [1.54, 1.807) is 6.20 Å². The van der Waals surface area contributed by atoms with Crippen LogP contribution in [-0.4, -0.2) is 4.98 Å². The first-order valence-corrected chi connectivity index (χ1v) is 7.99. The van der Waals surface area contributed by atoms with Gasteiger partial charge in [0.2, 0.25) is 0 Å². The van der Waals surface area contributed by atoms with Crippen LogP contribution in [0.25, 0.3) is 23.3 Å². The molecule has 0 bridgehead atoms. The third-order valence-electron chi connectivity index (χ3n) is 3.66. The van der Waals surface area contributed by atoms with Gasteiger partial charge in [-0.15, -0.1) is 0 Å². The normalized spacial score (nSPS) is 10.7. The van der Waals surface area contributed by atoms with Gasteiger partial charge in [0.25, 0.3) is 0 Å². The summed E-state index contributed by atoms with van der Waals surface area (Å²) in [5, 5.41) is 9.32. The second-order valence-electron chi connectivity index (χ2n) is 5.38. The van der Waals surface area contributed by atoms with Crippen LogP contribution in [0.4, 0.5) is 0 Å². The molecule has 3 aromatic rings. The lowest BCUT2D eigenvalue weighted by Gasteiger charge is -2.06. The van der Waals surface area contributed by atoms with Crippen LogP contribution in [0, 0.1) is 11.3 Å². The molecule has 2 aromatic carbocycles. The van der Waals surface area contributed by atoms with Crippen LogP contribution in [0.5, 0.6) is 0 Å². The molecule has 0 aliphatic heterocycles. The Labute approximate surface area is 146 Å². The van der Waals surface area contributed by atoms with E-state index in [-0.39, 0.29) is 0 Å². The zero-order valence-electron chi connectivity index (χ0n) is 13.0. The van der Waals surface area contributed by atoms with Gasteiger partial charge in [-0.05, 0) is 22.8 Å². The molecule has 0 saturated carbocycles. The number of hydrogen-bond donors (Lipinski definition) is 0. The van der Waals surface area contributed by atoms with Crippen molar-refractivity contribution in [3.05, 3.63) is 88.7 Å². The minimum Gasteiger partial charge on any atom is -0.243 e. The highest BCUT2D eigenvalue weighted by atomic mass is 35.5. The van der Waals surface area contributed by atoms with Crippen molar-refractivity contribution in [2.45, 2.75) is 6.42 Å². The van der Waals surface area contributed by atoms with Gasteiger partial charge in [-0.1, -0.05) is 78.4 Å². The molecule has 0 atom stereocenters. The molecule has 0 aliphatic carbocycles. The van der Waals surface area contributed by atoms with Crippen molar-refractivity contribution in [1.82, 2.24) is 4.98 Å². The highest BCUT2D eigenvalue weighted by Gasteiger charge is 2.04. The number of pyridine rings is 1. The largest absolute Gasteiger partial charge is 0.243 e. The van der Waals surface area contributed by atoms with Gasteiger partial charge in [0, 0.05) is 17.3 Å². The summed E-state index contributed by atoms with van der Waals surface area (Å²) in [5.74, 6) is 0. The molecule has 0 radical (unpaired) electrons. The quantitative estimate of drug-likeness (QED) is 0.580. The van der Waals surface area contributed by atoms with E-state index < -0.39 is 0 Å². The molecule has 0 N–H and O–H groups in total. The summed E-state index contributed by atoms with van der Waals surface area (Å²) in [6.07, 6.45) is 6.13. The first-order chi connectivity index (χ1) is 11.8. The number of rotatable bonds is 4. The molecule has 3 heteroatoms. The highest BCUT2D eigenvalue weighted by molar-refractivity contribution is 6.31. The lowest BCUT2D eigenvalue weighted by atomic mass is 10.0. The van der Waals surface area contributed by atoms with Crippen LogP contribution in [0.15, 0.2) is 66.9 Å². The van der Waals surface area contributed by atoms with Crippen molar-refractivity contribution < 1.29 is 0 Å². The Morgan fingerprint density at radius 2 is 1.79 bits per heavy atom. The minimum atomic E-state index is 0.398. The fourth-order valence-corrected chi connectivity index (χ4v) is 2.61. The molecule has 2 nitrogen and oxygen atoms in total. The van der Waals surface area contributed by atoms with Crippen molar-refractivity contribution in [3.8, 4) is 17.2 Å². The molecule has 1 heterocycles. The molecule has 0 unspecified atom stereocenters. The molecule has 1 aromatic heterocycles. The molecule has 0 saturated heterocycles. The maximum absolute atomic E-state index is 8.85. The number of hydrogen-bond acceptors (Lipinski definition) is 2. The average Bonchev–Trinajstić information content (AvgIpc) is 2.62. The zero-order chi connectivity index (χ0) is 16.8. The smallest absolute Gasteiger partial charge is 0.136 e. The number of aromatic nitrogens is 1. The minimum absolute atomic E-state index is 0.398. The predicted octanol–water partition coefficient (Wildman–Crippen LogP) is 5.64. The number of benzene rings is 2. The summed E-state index contributed by atoms with van der Waals surface area (Å²) < 4.78 is 0. The average molecular weight is 331 g/mol. The summed E-state index contributed by atoms with van der Waals surface area (Å²) in [6, 6.07) is 22.2. The summed E-state index contributed by atoms with van der Waals surface area (Å²) in [5.41, 5.74) is 4.97. The predicted molar refractivity (Wildman–Crippen MR) is 99.4 cm³/mol. The Kier molecular flexibility index (Phi) is 5.05. The van der Waals surface area contributed by atoms with Crippen LogP contribution in [0.3, 0.4) is 0 Å². The fourth-order valence-electron chi connectivity index (χ4n) is 2.44. The molecular weight excluding hydrogens is 316 g/mol. The molecule has 24 heavy (non-hydrogen) atoms. The van der Waals surface area contributed by atoms with E-state index in [0.29, 0.717) is 11.6 Å². The summed E-state index contributed by atoms with van der Waals surface area (Å²) in [7, 11) is 0. The molecule has 0 aliphatic rings. The van der Waals surface area contributed by atoms with Gasteiger partial charge < -0.3 is 0 Å². The van der Waals surface area contributed by atoms with Crippen LogP contribution >= 0.6 is 11.6 Å². The van der Waals surface area contributed by atoms with E-state index in [1.807, 2.05) is 72.8 Å². The van der Waals surface area contributed by atoms with Gasteiger partial charge in [0.15, 0.2) is 0 Å². The van der Waals surface area contributed by atoms with E-state index in [9.17, 15) is 0 Å². The lowest BCUT2D eigenvalue weighted by Crippen LogP contribution is -1.87. The molecule has 0 spiro atoms. The molecule has 0 fully saturated rings. The van der Waals surface area contributed by atoms with Gasteiger partial charge >= 0.3 is 0 Å². The van der Waals surface area contributed by atoms with Crippen LogP contribution in [0.2, 0.25) is 5.15 Å². The van der Waals surface area contributed by atoms with Crippen molar-refractivity contribution in [1.29, 1.82) is 5.26 Å². The second kappa shape index (κ2) is 7.59. The first kappa shape index (κ1) is 16.0. The van der Waals surface area contributed by atoms with Crippen molar-refractivity contribution in [3.63, 3.8) is 0 Å². The Morgan fingerprint density at radius 1 is 0.958 bits per heavy atom. The summed E-state index contributed by atoms with van der Waals surface area (Å²) in [4.78, 5) is 4.29. The SMILES string of the molecule is N#CCc1cccc(-c2cnc(Cl)c(C=Cc3ccccc3)c2)c1. The Bertz CT molecular complexity index is 909. The maximum Gasteiger partial charge on any atom is 0.136 e. The highest BCUT2D eigenvalue weighted by Crippen LogP contribution is 2.25. The lowest BCUT2D eigenvalue weighted by molar-refractivity contribution is 1.26. The topological polar surface area (TPSA) is 36.7 Å². The number of nitriles is 1. The van der Waals surface area contributed by atoms with Crippen molar-refractivity contribution in [2.24, 2.45) is 0 Å². The van der Waals surface area contributed by atoms with Gasteiger partial charge in [-0.3, -0.25) is 0 Å². The molecule has 116 valence electrons. The van der Waals surface area contributed by atoms with Gasteiger partial charge in [0.1, 0.15) is 5.15 Å². The van der Waals surface area contributed by atoms with Crippen LogP contribution < -0.4 is 0 Å². The monoisotopic (exact) mass is 330 g/mol. The summed E-state index contributed by atoms with van der Waals surface area (Å²) >= 11 is 6.23. The molecule has 0 amide bonds. The third-order valence-corrected chi connectivity index (χ3v) is 3.98. The first-order valence-electron chi connectivity index (χ1n) is 7.61. The number of nitrogens with zero attached hydrogens (tertiary/aromatic N) is 2. The Balaban J connectivity index is 1.93. The van der Waals surface area contributed by atoms with Crippen LogP contribution in [0.1, 0.15) is 16.7 Å². The third kappa shape index (κ3) is 3.90. The van der Waals surface area contributed by atoms with E-state index in [0.717, 1.165) is 27.8 Å². The van der Waals surface area contributed by atoms with Gasteiger partial charge in [0.05, 0.1) is 12.5 Å². The molecule has 3 rings (SSSR count). The van der Waals surface area contributed by atoms with Gasteiger partial charge in [-0.25, -0.2) is 4.98 Å². The summed E-state index contributed by atoms with van der Waals surface area (Å²) in [6.45, 7) is 0. The second-order valence-corrected chi connectivity index (χ2v) is 5.74. The van der Waals surface area contributed by atoms with Crippen molar-refractivity contribution in [2.75, 3.05) is 0 Å². The fraction of sp³-hybridized carbons (Fsp3) is 0.0476. The standard InChI is InChI=1S/C21H15ClN2/c22-21-19(10-9-16-5-2-1-3-6-16)14-20(15-24-21)18-8-4-7-17(13-18)11-12-23/h1-10,13-15H,11H2. The van der Waals surface area contributed by atoms with E-state index in [1.165, 1.54) is 0 Å². The van der Waals surface area contributed by atoms with E-state index >= 15 is 0 Å². The maximum atomic E-state index is 8.85. The number of halogens is 1. The van der Waals surface area contributed by atoms with Crippen LogP contribution in [-0.2, 0) is 6.42 Å². The zero-order valence-corrected chi connectivity index (χ0v) is 13.7. The Morgan fingerprint density at radius 3 is 2.58 bits per heavy atom. The molecular formula is C21H15ClN2.